The molecule has 1 aliphatic heterocycles. The third kappa shape index (κ3) is 5.65. The highest BCUT2D eigenvalue weighted by Gasteiger charge is 2.23. The lowest BCUT2D eigenvalue weighted by Crippen LogP contribution is -2.45. The molecule has 0 aliphatic carbocycles. The van der Waals surface area contributed by atoms with Gasteiger partial charge >= 0.3 is 0 Å². The summed E-state index contributed by atoms with van der Waals surface area (Å²) in [7, 11) is 2.21. The fraction of sp³-hybridized carbons (Fsp3) is 1.00. The molecule has 0 aromatic carbocycles. The van der Waals surface area contributed by atoms with Crippen LogP contribution in [0.3, 0.4) is 0 Å². The van der Waals surface area contributed by atoms with Crippen molar-refractivity contribution in [2.24, 2.45) is 5.92 Å². The minimum atomic E-state index is -0.108. The molecular weight excluding hydrogens is 228 g/mol. The van der Waals surface area contributed by atoms with Crippen LogP contribution in [0.1, 0.15) is 33.6 Å². The lowest BCUT2D eigenvalue weighted by Gasteiger charge is -2.34. The third-order valence-electron chi connectivity index (χ3n) is 3.68. The summed E-state index contributed by atoms with van der Waals surface area (Å²) >= 11 is 0. The molecule has 1 N–H and O–H groups in total. The van der Waals surface area contributed by atoms with Gasteiger partial charge in [0.1, 0.15) is 0 Å². The van der Waals surface area contributed by atoms with E-state index in [1.165, 1.54) is 25.9 Å². The monoisotopic (exact) mass is 258 g/mol. The Morgan fingerprint density at radius 1 is 1.28 bits per heavy atom. The van der Waals surface area contributed by atoms with Crippen molar-refractivity contribution in [3.05, 3.63) is 0 Å². The smallest absolute Gasteiger partial charge is 0.169 e. The van der Waals surface area contributed by atoms with Crippen molar-refractivity contribution in [3.8, 4) is 0 Å². The van der Waals surface area contributed by atoms with E-state index in [9.17, 15) is 0 Å². The first kappa shape index (κ1) is 15.9. The lowest BCUT2D eigenvalue weighted by molar-refractivity contribution is -0.134. The molecule has 0 aromatic rings. The number of piperidine rings is 1. The van der Waals surface area contributed by atoms with Gasteiger partial charge < -0.3 is 19.7 Å². The normalized spacial score (nSPS) is 23.5. The molecule has 4 heteroatoms. The molecule has 4 nitrogen and oxygen atoms in total. The van der Waals surface area contributed by atoms with Crippen LogP contribution in [-0.2, 0) is 9.47 Å². The van der Waals surface area contributed by atoms with Crippen LogP contribution in [0.15, 0.2) is 0 Å². The summed E-state index contributed by atoms with van der Waals surface area (Å²) in [6.07, 6.45) is 2.53. The van der Waals surface area contributed by atoms with Gasteiger partial charge in [0, 0.05) is 32.3 Å². The Balaban J connectivity index is 2.27. The Hall–Kier alpha value is -0.160. The highest BCUT2D eigenvalue weighted by atomic mass is 16.7. The molecule has 2 atom stereocenters. The summed E-state index contributed by atoms with van der Waals surface area (Å²) < 4.78 is 11.1. The Kier molecular flexibility index (Phi) is 7.82. The number of rotatable bonds is 8. The zero-order valence-corrected chi connectivity index (χ0v) is 12.4. The summed E-state index contributed by atoms with van der Waals surface area (Å²) in [5.74, 6) is 0.743. The quantitative estimate of drug-likeness (QED) is 0.672. The third-order valence-corrected chi connectivity index (χ3v) is 3.68. The lowest BCUT2D eigenvalue weighted by atomic mass is 9.92. The maximum absolute atomic E-state index is 5.55. The maximum Gasteiger partial charge on any atom is 0.169 e. The Labute approximate surface area is 112 Å². The number of nitrogens with zero attached hydrogens (tertiary/aromatic N) is 1. The standard InChI is InChI=1S/C14H30N2O2/c1-5-17-14(18-6-2)10-15-12(3)13-8-7-9-16(4)11-13/h12-15H,5-11H2,1-4H3. The predicted octanol–water partition coefficient (Wildman–Crippen LogP) is 1.71. The fourth-order valence-electron chi connectivity index (χ4n) is 2.60. The topological polar surface area (TPSA) is 33.7 Å². The molecule has 1 rings (SSSR count). The molecule has 0 spiro atoms. The van der Waals surface area contributed by atoms with Crippen molar-refractivity contribution in [2.45, 2.75) is 45.9 Å². The summed E-state index contributed by atoms with van der Waals surface area (Å²) in [6.45, 7) is 10.9. The van der Waals surface area contributed by atoms with E-state index in [1.807, 2.05) is 13.8 Å². The number of hydrogen-bond donors (Lipinski definition) is 1. The molecule has 1 aliphatic rings. The van der Waals surface area contributed by atoms with Crippen molar-refractivity contribution in [1.29, 1.82) is 0 Å². The molecule has 1 heterocycles. The first-order chi connectivity index (χ1) is 8.67. The van der Waals surface area contributed by atoms with Crippen LogP contribution in [0, 0.1) is 5.92 Å². The molecule has 0 aromatic heterocycles. The number of likely N-dealkylation sites (tertiary alicyclic amines) is 1. The van der Waals surface area contributed by atoms with Crippen LogP contribution in [0.2, 0.25) is 0 Å². The van der Waals surface area contributed by atoms with Gasteiger partial charge in [0.25, 0.3) is 0 Å². The first-order valence-corrected chi connectivity index (χ1v) is 7.32. The highest BCUT2D eigenvalue weighted by molar-refractivity contribution is 4.79. The van der Waals surface area contributed by atoms with E-state index in [0.717, 1.165) is 12.5 Å². The van der Waals surface area contributed by atoms with Crippen molar-refractivity contribution in [2.75, 3.05) is 39.9 Å². The van der Waals surface area contributed by atoms with Crippen LogP contribution in [0.5, 0.6) is 0 Å². The number of nitrogens with one attached hydrogen (secondary N) is 1. The van der Waals surface area contributed by atoms with Crippen molar-refractivity contribution in [1.82, 2.24) is 10.2 Å². The molecule has 1 saturated heterocycles. The van der Waals surface area contributed by atoms with Gasteiger partial charge in [0.2, 0.25) is 0 Å². The molecular formula is C14H30N2O2. The number of ether oxygens (including phenoxy) is 2. The second-order valence-corrected chi connectivity index (χ2v) is 5.20. The van der Waals surface area contributed by atoms with Gasteiger partial charge in [0.05, 0.1) is 0 Å². The number of hydrogen-bond acceptors (Lipinski definition) is 4. The van der Waals surface area contributed by atoms with Gasteiger partial charge in [0.15, 0.2) is 6.29 Å². The van der Waals surface area contributed by atoms with Gasteiger partial charge in [-0.15, -0.1) is 0 Å². The van der Waals surface area contributed by atoms with Gasteiger partial charge in [-0.05, 0) is 53.1 Å². The summed E-state index contributed by atoms with van der Waals surface area (Å²) in [5.41, 5.74) is 0. The van der Waals surface area contributed by atoms with Gasteiger partial charge in [-0.1, -0.05) is 0 Å². The summed E-state index contributed by atoms with van der Waals surface area (Å²) in [4.78, 5) is 2.43. The van der Waals surface area contributed by atoms with E-state index in [-0.39, 0.29) is 6.29 Å². The molecule has 0 amide bonds. The van der Waals surface area contributed by atoms with E-state index >= 15 is 0 Å². The molecule has 0 saturated carbocycles. The van der Waals surface area contributed by atoms with Crippen LogP contribution < -0.4 is 5.32 Å². The maximum atomic E-state index is 5.55. The van der Waals surface area contributed by atoms with Crippen molar-refractivity contribution < 1.29 is 9.47 Å². The van der Waals surface area contributed by atoms with E-state index in [2.05, 4.69) is 24.2 Å². The Bertz CT molecular complexity index is 208. The van der Waals surface area contributed by atoms with Crippen molar-refractivity contribution in [3.63, 3.8) is 0 Å². The molecule has 1 fully saturated rings. The SMILES string of the molecule is CCOC(CNC(C)C1CCCN(C)C1)OCC. The second-order valence-electron chi connectivity index (χ2n) is 5.20. The van der Waals surface area contributed by atoms with Crippen LogP contribution in [-0.4, -0.2) is 57.1 Å². The molecule has 0 bridgehead atoms. The van der Waals surface area contributed by atoms with Crippen LogP contribution in [0.4, 0.5) is 0 Å². The van der Waals surface area contributed by atoms with Gasteiger partial charge in [-0.2, -0.15) is 0 Å². The van der Waals surface area contributed by atoms with Crippen LogP contribution in [0.25, 0.3) is 0 Å². The minimum Gasteiger partial charge on any atom is -0.352 e. The molecule has 108 valence electrons. The average molecular weight is 258 g/mol. The predicted molar refractivity (Wildman–Crippen MR) is 74.7 cm³/mol. The van der Waals surface area contributed by atoms with E-state index in [1.54, 1.807) is 0 Å². The largest absolute Gasteiger partial charge is 0.352 e. The van der Waals surface area contributed by atoms with Crippen LogP contribution >= 0.6 is 0 Å². The minimum absolute atomic E-state index is 0.108. The molecule has 0 radical (unpaired) electrons. The first-order valence-electron chi connectivity index (χ1n) is 7.32. The second kappa shape index (κ2) is 8.86. The average Bonchev–Trinajstić information content (AvgIpc) is 2.36. The van der Waals surface area contributed by atoms with Gasteiger partial charge in [-0.3, -0.25) is 0 Å². The molecule has 18 heavy (non-hydrogen) atoms. The Morgan fingerprint density at radius 2 is 1.94 bits per heavy atom. The van der Waals surface area contributed by atoms with Gasteiger partial charge in [-0.25, -0.2) is 0 Å². The molecule has 2 unspecified atom stereocenters. The Morgan fingerprint density at radius 3 is 2.50 bits per heavy atom. The van der Waals surface area contributed by atoms with Crippen molar-refractivity contribution >= 4 is 0 Å². The zero-order valence-electron chi connectivity index (χ0n) is 12.4. The van der Waals surface area contributed by atoms with E-state index in [0.29, 0.717) is 19.3 Å². The summed E-state index contributed by atoms with van der Waals surface area (Å²) in [6, 6.07) is 0.524. The summed E-state index contributed by atoms with van der Waals surface area (Å²) in [5, 5.41) is 3.57. The highest BCUT2D eigenvalue weighted by Crippen LogP contribution is 2.18. The van der Waals surface area contributed by atoms with E-state index < -0.39 is 0 Å². The zero-order chi connectivity index (χ0) is 13.4. The van der Waals surface area contributed by atoms with E-state index in [4.69, 9.17) is 9.47 Å². The fourth-order valence-corrected chi connectivity index (χ4v) is 2.60.